The minimum atomic E-state index is 0.135. The van der Waals surface area contributed by atoms with Crippen molar-refractivity contribution in [3.8, 4) is 72.4 Å². The van der Waals surface area contributed by atoms with E-state index in [2.05, 4.69) is 241 Å². The first-order chi connectivity index (χ1) is 30.7. The zero-order valence-corrected chi connectivity index (χ0v) is 35.6. The molecule has 0 N–H and O–H groups in total. The second-order valence-electron chi connectivity index (χ2n) is 16.1. The maximum atomic E-state index is 2.43. The summed E-state index contributed by atoms with van der Waals surface area (Å²) in [5.41, 5.74) is 18.4. The van der Waals surface area contributed by atoms with Gasteiger partial charge in [-0.15, -0.1) is 0 Å². The number of aromatic nitrogens is 1. The monoisotopic (exact) mass is 853 g/mol. The fourth-order valence-electron chi connectivity index (χ4n) is 9.40. The molecule has 0 unspecified atom stereocenters. The van der Waals surface area contributed by atoms with E-state index in [1.807, 2.05) is 0 Å². The van der Waals surface area contributed by atoms with Crippen LogP contribution >= 0.6 is 0 Å². The first-order valence-corrected chi connectivity index (χ1v) is 23.0. The average molecular weight is 853 g/mol. The molecule has 2 heteroatoms. The summed E-state index contributed by atoms with van der Waals surface area (Å²) in [5, 5.41) is 5.22. The Bertz CT molecular complexity index is 3610. The van der Waals surface area contributed by atoms with Crippen molar-refractivity contribution in [1.82, 2.24) is 4.57 Å². The van der Waals surface area contributed by atoms with E-state index < -0.39 is 0 Å². The van der Waals surface area contributed by atoms with Gasteiger partial charge >= 0.3 is 316 Å². The number of rotatable bonds is 7. The molecule has 0 spiro atoms. The van der Waals surface area contributed by atoms with Crippen molar-refractivity contribution in [2.24, 2.45) is 0 Å². The van der Waals surface area contributed by atoms with Gasteiger partial charge in [0.25, 0.3) is 0 Å². The third kappa shape index (κ3) is 6.32. The summed E-state index contributed by atoms with van der Waals surface area (Å²) in [6.45, 7) is 0. The predicted octanol–water partition coefficient (Wildman–Crippen LogP) is 16.1. The Balaban J connectivity index is 1.06. The fraction of sp³-hybridized carbons (Fsp3) is 0. The number of hydrogen-bond donors (Lipinski definition) is 0. The van der Waals surface area contributed by atoms with Crippen LogP contribution in [0.25, 0.3) is 114 Å². The van der Waals surface area contributed by atoms with Gasteiger partial charge in [0.05, 0.1) is 0 Å². The molecule has 0 radical (unpaired) electrons. The van der Waals surface area contributed by atoms with Crippen LogP contribution < -0.4 is 0 Å². The summed E-state index contributed by atoms with van der Waals surface area (Å²) in [4.78, 5) is 0. The summed E-state index contributed by atoms with van der Waals surface area (Å²) >= 11 is 0.135. The minimum absolute atomic E-state index is 0.135. The maximum absolute atomic E-state index is 2.43. The van der Waals surface area contributed by atoms with E-state index in [4.69, 9.17) is 0 Å². The first kappa shape index (κ1) is 36.4. The predicted molar refractivity (Wildman–Crippen MR) is 265 cm³/mol. The molecule has 62 heavy (non-hydrogen) atoms. The van der Waals surface area contributed by atoms with E-state index in [0.29, 0.717) is 0 Å². The van der Waals surface area contributed by atoms with Gasteiger partial charge in [-0.1, -0.05) is 42.5 Å². The van der Waals surface area contributed by atoms with E-state index >= 15 is 0 Å². The van der Waals surface area contributed by atoms with Crippen LogP contribution in [0.1, 0.15) is 0 Å². The van der Waals surface area contributed by atoms with Gasteiger partial charge in [0.1, 0.15) is 0 Å². The molecule has 12 aromatic rings. The van der Waals surface area contributed by atoms with Gasteiger partial charge in [0.2, 0.25) is 0 Å². The van der Waals surface area contributed by atoms with E-state index in [-0.39, 0.29) is 14.5 Å². The van der Waals surface area contributed by atoms with Crippen LogP contribution in [0.4, 0.5) is 0 Å². The van der Waals surface area contributed by atoms with Crippen molar-refractivity contribution in [1.29, 1.82) is 0 Å². The number of fused-ring (bicyclic) bond motifs is 6. The Morgan fingerprint density at radius 1 is 0.242 bits per heavy atom. The van der Waals surface area contributed by atoms with Crippen LogP contribution in [0, 0.1) is 0 Å². The normalized spacial score (nSPS) is 11.5. The zero-order valence-electron chi connectivity index (χ0n) is 33.9. The molecular weight excluding hydrogens is 814 g/mol. The van der Waals surface area contributed by atoms with Gasteiger partial charge in [0, 0.05) is 0 Å². The molecule has 0 aliphatic carbocycles. The second kappa shape index (κ2) is 15.2. The third-order valence-electron chi connectivity index (χ3n) is 12.4. The molecule has 0 saturated heterocycles. The Labute approximate surface area is 367 Å². The molecular formula is C60H39NSe. The SMILES string of the molecule is c1ccc(-c2cccc(-c3cc(-c4ccc5c(c4)c4ccccc4n5-c4cccc(-c5ccccc5)c4)cc(-c4cccc5c4[se]c4c(-c6ccccc6)cccc45)c3)c2)cc1. The molecule has 290 valence electrons. The van der Waals surface area contributed by atoms with Gasteiger partial charge in [-0.25, -0.2) is 0 Å². The topological polar surface area (TPSA) is 4.93 Å². The van der Waals surface area contributed by atoms with E-state index in [1.54, 1.807) is 0 Å². The molecule has 0 bridgehead atoms. The Morgan fingerprint density at radius 3 is 1.34 bits per heavy atom. The Kier molecular flexibility index (Phi) is 8.92. The quantitative estimate of drug-likeness (QED) is 0.141. The summed E-state index contributed by atoms with van der Waals surface area (Å²) in [5.74, 6) is 0. The molecule has 10 aromatic carbocycles. The first-order valence-electron chi connectivity index (χ1n) is 21.2. The average Bonchev–Trinajstić information content (AvgIpc) is 3.91. The number of hydrogen-bond acceptors (Lipinski definition) is 0. The third-order valence-corrected chi connectivity index (χ3v) is 15.1. The van der Waals surface area contributed by atoms with E-state index in [0.717, 1.165) is 5.69 Å². The van der Waals surface area contributed by atoms with Crippen LogP contribution in [0.15, 0.2) is 237 Å². The van der Waals surface area contributed by atoms with Crippen LogP contribution in [0.2, 0.25) is 0 Å². The van der Waals surface area contributed by atoms with E-state index in [1.165, 1.54) is 108 Å². The van der Waals surface area contributed by atoms with Crippen molar-refractivity contribution in [3.05, 3.63) is 237 Å². The summed E-state index contributed by atoms with van der Waals surface area (Å²) in [6, 6.07) is 87.1. The number of para-hydroxylation sites is 1. The summed E-state index contributed by atoms with van der Waals surface area (Å²) in [7, 11) is 0. The summed E-state index contributed by atoms with van der Waals surface area (Å²) < 4.78 is 5.35. The Hall–Kier alpha value is -7.48. The molecule has 0 atom stereocenters. The van der Waals surface area contributed by atoms with E-state index in [9.17, 15) is 0 Å². The molecule has 2 aromatic heterocycles. The van der Waals surface area contributed by atoms with Crippen LogP contribution in [0.3, 0.4) is 0 Å². The number of nitrogens with zero attached hydrogens (tertiary/aromatic N) is 1. The van der Waals surface area contributed by atoms with Gasteiger partial charge < -0.3 is 0 Å². The van der Waals surface area contributed by atoms with Crippen molar-refractivity contribution >= 4 is 55.6 Å². The summed E-state index contributed by atoms with van der Waals surface area (Å²) in [6.07, 6.45) is 0. The van der Waals surface area contributed by atoms with Crippen LogP contribution in [0.5, 0.6) is 0 Å². The standard InChI is InChI=1S/C60H39NSe/c1-4-16-40(17-5-1)43-22-12-23-44(34-43)47-35-48(37-49(36-47)52-28-15-30-55-54-29-14-27-51(59(54)62-60(52)55)42-20-8-3-9-21-42)46-32-33-58-56(39-46)53-26-10-11-31-57(53)61(58)50-25-13-24-45(38-50)41-18-6-2-7-19-41/h1-39H. The second-order valence-corrected chi connectivity index (χ2v) is 18.2. The van der Waals surface area contributed by atoms with Crippen molar-refractivity contribution in [3.63, 3.8) is 0 Å². The zero-order chi connectivity index (χ0) is 41.0. The van der Waals surface area contributed by atoms with Gasteiger partial charge in [0.15, 0.2) is 0 Å². The molecule has 0 aliphatic heterocycles. The van der Waals surface area contributed by atoms with Gasteiger partial charge in [-0.2, -0.15) is 0 Å². The van der Waals surface area contributed by atoms with Gasteiger partial charge in [-0.3, -0.25) is 0 Å². The molecule has 0 fully saturated rings. The molecule has 1 nitrogen and oxygen atoms in total. The molecule has 0 saturated carbocycles. The molecule has 0 amide bonds. The van der Waals surface area contributed by atoms with Crippen molar-refractivity contribution in [2.45, 2.75) is 0 Å². The fourth-order valence-corrected chi connectivity index (χ4v) is 12.3. The molecule has 12 rings (SSSR count). The van der Waals surface area contributed by atoms with Crippen LogP contribution in [-0.2, 0) is 0 Å². The van der Waals surface area contributed by atoms with Crippen molar-refractivity contribution in [2.75, 3.05) is 0 Å². The van der Waals surface area contributed by atoms with Gasteiger partial charge in [-0.05, 0) is 11.1 Å². The molecule has 0 aliphatic rings. The number of benzene rings is 10. The molecule has 2 heterocycles. The van der Waals surface area contributed by atoms with Crippen molar-refractivity contribution < 1.29 is 0 Å². The Morgan fingerprint density at radius 2 is 0.677 bits per heavy atom. The van der Waals surface area contributed by atoms with Crippen LogP contribution in [-0.4, -0.2) is 19.1 Å².